The summed E-state index contributed by atoms with van der Waals surface area (Å²) in [6.07, 6.45) is 6.53. The predicted octanol–water partition coefficient (Wildman–Crippen LogP) is 1.67. The van der Waals surface area contributed by atoms with Crippen LogP contribution in [0.3, 0.4) is 0 Å². The molecule has 0 aliphatic heterocycles. The number of thioether (sulfide) groups is 1. The lowest BCUT2D eigenvalue weighted by Crippen LogP contribution is -2.17. The van der Waals surface area contributed by atoms with E-state index in [1.54, 1.807) is 24.5 Å². The molecule has 0 fully saturated rings. The first-order valence-corrected chi connectivity index (χ1v) is 6.90. The summed E-state index contributed by atoms with van der Waals surface area (Å²) in [6, 6.07) is 6.25. The number of phenolic OH excluding ortho intramolecular Hbond substituents is 1. The largest absolute Gasteiger partial charge is 0.507 e. The molecule has 0 atom stereocenters. The van der Waals surface area contributed by atoms with Gasteiger partial charge in [0.2, 0.25) is 0 Å². The summed E-state index contributed by atoms with van der Waals surface area (Å²) >= 11 is 1.44. The van der Waals surface area contributed by atoms with Gasteiger partial charge in [-0.25, -0.2) is 15.4 Å². The van der Waals surface area contributed by atoms with Crippen molar-refractivity contribution < 1.29 is 9.90 Å². The van der Waals surface area contributed by atoms with Crippen molar-refractivity contribution in [2.24, 2.45) is 5.10 Å². The predicted molar refractivity (Wildman–Crippen MR) is 77.0 cm³/mol. The zero-order valence-corrected chi connectivity index (χ0v) is 11.5. The second kappa shape index (κ2) is 6.67. The number of aromatic nitrogens is 2. The molecule has 6 nitrogen and oxygen atoms in total. The number of benzene rings is 1. The molecule has 2 rings (SSSR count). The minimum absolute atomic E-state index is 0.0899. The Morgan fingerprint density at radius 2 is 2.05 bits per heavy atom. The Bertz CT molecular complexity index is 629. The molecule has 0 spiro atoms. The fourth-order valence-corrected chi connectivity index (χ4v) is 1.71. The normalized spacial score (nSPS) is 10.7. The van der Waals surface area contributed by atoms with Crippen LogP contribution in [0.5, 0.6) is 5.75 Å². The first-order valence-electron chi connectivity index (χ1n) is 5.68. The summed E-state index contributed by atoms with van der Waals surface area (Å²) < 4.78 is 0. The summed E-state index contributed by atoms with van der Waals surface area (Å²) in [5, 5.41) is 14.0. The van der Waals surface area contributed by atoms with Crippen LogP contribution in [0.2, 0.25) is 0 Å². The number of carbonyl (C=O) groups is 1. The molecule has 0 radical (unpaired) electrons. The van der Waals surface area contributed by atoms with Crippen LogP contribution in [-0.4, -0.2) is 33.5 Å². The molecule has 1 aromatic carbocycles. The van der Waals surface area contributed by atoms with Crippen LogP contribution < -0.4 is 5.43 Å². The van der Waals surface area contributed by atoms with Gasteiger partial charge in [-0.15, -0.1) is 0 Å². The molecular weight excluding hydrogens is 276 g/mol. The summed E-state index contributed by atoms with van der Waals surface area (Å²) in [4.78, 5) is 19.9. The highest BCUT2D eigenvalue weighted by Gasteiger charge is 2.08. The van der Waals surface area contributed by atoms with Crippen LogP contribution in [0, 0.1) is 0 Å². The van der Waals surface area contributed by atoms with E-state index >= 15 is 0 Å². The molecule has 7 heteroatoms. The number of nitrogens with one attached hydrogen (secondary N) is 1. The van der Waals surface area contributed by atoms with Crippen LogP contribution in [0.4, 0.5) is 0 Å². The maximum Gasteiger partial charge on any atom is 0.275 e. The summed E-state index contributed by atoms with van der Waals surface area (Å²) in [7, 11) is 0. The quantitative estimate of drug-likeness (QED) is 0.387. The molecule has 1 aromatic heterocycles. The molecule has 0 aliphatic carbocycles. The maximum absolute atomic E-state index is 11.7. The Balaban J connectivity index is 1.99. The Hall–Kier alpha value is -2.41. The molecule has 0 unspecified atom stereocenters. The molecule has 1 heterocycles. The molecule has 2 N–H and O–H groups in total. The lowest BCUT2D eigenvalue weighted by Gasteiger charge is -2.01. The highest BCUT2D eigenvalue weighted by molar-refractivity contribution is 7.98. The van der Waals surface area contributed by atoms with E-state index in [1.807, 2.05) is 6.26 Å². The summed E-state index contributed by atoms with van der Waals surface area (Å²) in [5.41, 5.74) is 3.16. The van der Waals surface area contributed by atoms with Crippen molar-refractivity contribution >= 4 is 23.9 Å². The second-order valence-corrected chi connectivity index (χ2v) is 4.49. The van der Waals surface area contributed by atoms with Gasteiger partial charge in [0.1, 0.15) is 5.75 Å². The molecule has 0 aliphatic rings. The number of para-hydroxylation sites is 1. The average molecular weight is 288 g/mol. The first-order chi connectivity index (χ1) is 9.70. The van der Waals surface area contributed by atoms with Crippen molar-refractivity contribution in [3.63, 3.8) is 0 Å². The van der Waals surface area contributed by atoms with E-state index in [0.29, 0.717) is 10.7 Å². The first kappa shape index (κ1) is 14.0. The number of phenols is 1. The molecular formula is C13H12N4O2S. The standard InChI is InChI=1S/C13H12N4O2S/c1-20-13-14-6-9(7-15-13)8-16-17-12(19)10-4-2-3-5-11(10)18/h2-8,18H,1H3,(H,17,19)/b16-8+. The van der Waals surface area contributed by atoms with Gasteiger partial charge in [-0.05, 0) is 18.4 Å². The van der Waals surface area contributed by atoms with Crippen LogP contribution in [0.25, 0.3) is 0 Å². The van der Waals surface area contributed by atoms with Gasteiger partial charge in [0.25, 0.3) is 5.91 Å². The Morgan fingerprint density at radius 1 is 1.35 bits per heavy atom. The third-order valence-electron chi connectivity index (χ3n) is 2.36. The lowest BCUT2D eigenvalue weighted by molar-refractivity contribution is 0.0952. The zero-order valence-electron chi connectivity index (χ0n) is 10.6. The van der Waals surface area contributed by atoms with Gasteiger partial charge in [-0.2, -0.15) is 5.10 Å². The number of hydrogen-bond acceptors (Lipinski definition) is 6. The van der Waals surface area contributed by atoms with Gasteiger partial charge in [-0.1, -0.05) is 23.9 Å². The van der Waals surface area contributed by atoms with Gasteiger partial charge in [0, 0.05) is 18.0 Å². The second-order valence-electron chi connectivity index (χ2n) is 3.72. The highest BCUT2D eigenvalue weighted by Crippen LogP contribution is 2.14. The lowest BCUT2D eigenvalue weighted by atomic mass is 10.2. The van der Waals surface area contributed by atoms with Gasteiger partial charge in [0.15, 0.2) is 5.16 Å². The van der Waals surface area contributed by atoms with Crippen molar-refractivity contribution in [2.75, 3.05) is 6.26 Å². The molecule has 1 amide bonds. The van der Waals surface area contributed by atoms with Gasteiger partial charge >= 0.3 is 0 Å². The minimum Gasteiger partial charge on any atom is -0.507 e. The zero-order chi connectivity index (χ0) is 14.4. The Labute approximate surface area is 120 Å². The number of hydrazone groups is 1. The van der Waals surface area contributed by atoms with Crippen molar-refractivity contribution in [3.8, 4) is 5.75 Å². The molecule has 0 bridgehead atoms. The van der Waals surface area contributed by atoms with E-state index in [0.717, 1.165) is 0 Å². The van der Waals surface area contributed by atoms with E-state index in [2.05, 4.69) is 20.5 Å². The third-order valence-corrected chi connectivity index (χ3v) is 2.94. The van der Waals surface area contributed by atoms with Gasteiger partial charge < -0.3 is 5.11 Å². The van der Waals surface area contributed by atoms with Crippen LogP contribution in [0.1, 0.15) is 15.9 Å². The van der Waals surface area contributed by atoms with Gasteiger partial charge in [-0.3, -0.25) is 4.79 Å². The number of carbonyl (C=O) groups excluding carboxylic acids is 1. The summed E-state index contributed by atoms with van der Waals surface area (Å²) in [6.45, 7) is 0. The molecule has 0 saturated carbocycles. The van der Waals surface area contributed by atoms with E-state index in [9.17, 15) is 9.90 Å². The van der Waals surface area contributed by atoms with Crippen LogP contribution >= 0.6 is 11.8 Å². The fourth-order valence-electron chi connectivity index (χ4n) is 1.39. The van der Waals surface area contributed by atoms with Crippen molar-refractivity contribution in [3.05, 3.63) is 47.8 Å². The number of nitrogens with zero attached hydrogens (tertiary/aromatic N) is 3. The van der Waals surface area contributed by atoms with Gasteiger partial charge in [0.05, 0.1) is 11.8 Å². The SMILES string of the molecule is CSc1ncc(/C=N/NC(=O)c2ccccc2O)cn1. The fraction of sp³-hybridized carbons (Fsp3) is 0.0769. The van der Waals surface area contributed by atoms with Crippen LogP contribution in [-0.2, 0) is 0 Å². The molecule has 2 aromatic rings. The van der Waals surface area contributed by atoms with Crippen molar-refractivity contribution in [1.82, 2.24) is 15.4 Å². The minimum atomic E-state index is -0.485. The topological polar surface area (TPSA) is 87.5 Å². The van der Waals surface area contributed by atoms with Crippen molar-refractivity contribution in [1.29, 1.82) is 0 Å². The third kappa shape index (κ3) is 3.55. The average Bonchev–Trinajstić information content (AvgIpc) is 2.48. The number of amides is 1. The van der Waals surface area contributed by atoms with E-state index in [1.165, 1.54) is 30.1 Å². The highest BCUT2D eigenvalue weighted by atomic mass is 32.2. The Morgan fingerprint density at radius 3 is 2.70 bits per heavy atom. The number of hydrogen-bond donors (Lipinski definition) is 2. The monoisotopic (exact) mass is 288 g/mol. The molecule has 20 heavy (non-hydrogen) atoms. The molecule has 102 valence electrons. The van der Waals surface area contributed by atoms with Crippen LogP contribution in [0.15, 0.2) is 46.9 Å². The Kier molecular flexibility index (Phi) is 4.67. The molecule has 0 saturated heterocycles. The van der Waals surface area contributed by atoms with E-state index in [-0.39, 0.29) is 11.3 Å². The maximum atomic E-state index is 11.7. The van der Waals surface area contributed by atoms with E-state index < -0.39 is 5.91 Å². The van der Waals surface area contributed by atoms with Crippen molar-refractivity contribution in [2.45, 2.75) is 5.16 Å². The smallest absolute Gasteiger partial charge is 0.275 e. The number of aromatic hydroxyl groups is 1. The number of rotatable bonds is 4. The van der Waals surface area contributed by atoms with E-state index in [4.69, 9.17) is 0 Å². The summed E-state index contributed by atoms with van der Waals surface area (Å²) in [5.74, 6) is -0.575.